The van der Waals surface area contributed by atoms with E-state index in [0.717, 1.165) is 0 Å². The van der Waals surface area contributed by atoms with Gasteiger partial charge >= 0.3 is 0 Å². The van der Waals surface area contributed by atoms with Crippen LogP contribution in [0.1, 0.15) is 27.7 Å². The highest BCUT2D eigenvalue weighted by atomic mass is 35.5. The predicted octanol–water partition coefficient (Wildman–Crippen LogP) is 2.62. The van der Waals surface area contributed by atoms with Crippen LogP contribution in [-0.4, -0.2) is 17.9 Å². The van der Waals surface area contributed by atoms with E-state index in [9.17, 15) is 9.59 Å². The zero-order valence-electron chi connectivity index (χ0n) is 12.8. The smallest absolute Gasteiger partial charge is 0.241 e. The molecule has 0 aromatic heterocycles. The molecule has 21 heavy (non-hydrogen) atoms. The summed E-state index contributed by atoms with van der Waals surface area (Å²) in [5, 5.41) is 5.54. The zero-order valence-corrected chi connectivity index (χ0v) is 13.7. The number of anilines is 2. The Hall–Kier alpha value is -1.59. The summed E-state index contributed by atoms with van der Waals surface area (Å²) < 4.78 is 0. The van der Waals surface area contributed by atoms with Crippen LogP contribution in [0.25, 0.3) is 0 Å². The van der Waals surface area contributed by atoms with Crippen LogP contribution in [0.4, 0.5) is 11.4 Å². The van der Waals surface area contributed by atoms with Crippen LogP contribution in [-0.2, 0) is 9.59 Å². The summed E-state index contributed by atoms with van der Waals surface area (Å²) in [5.41, 5.74) is 7.13. The number of halogens is 1. The molecule has 1 rings (SSSR count). The van der Waals surface area contributed by atoms with E-state index in [4.69, 9.17) is 5.73 Å². The van der Waals surface area contributed by atoms with Gasteiger partial charge in [-0.15, -0.1) is 12.4 Å². The van der Waals surface area contributed by atoms with Crippen molar-refractivity contribution >= 4 is 35.6 Å². The third kappa shape index (κ3) is 6.14. The van der Waals surface area contributed by atoms with Gasteiger partial charge in [-0.2, -0.15) is 0 Å². The Labute approximate surface area is 132 Å². The van der Waals surface area contributed by atoms with Crippen molar-refractivity contribution in [1.29, 1.82) is 0 Å². The average Bonchev–Trinajstić information content (AvgIpc) is 2.39. The Balaban J connectivity index is 0.00000400. The van der Waals surface area contributed by atoms with Crippen LogP contribution in [0, 0.1) is 11.8 Å². The molecule has 1 aromatic rings. The number of carbonyl (C=O) groups excluding carboxylic acids is 2. The summed E-state index contributed by atoms with van der Waals surface area (Å²) >= 11 is 0. The second-order valence-electron chi connectivity index (χ2n) is 5.48. The van der Waals surface area contributed by atoms with Crippen molar-refractivity contribution in [1.82, 2.24) is 0 Å². The molecule has 0 fully saturated rings. The SMILES string of the molecule is CC(C)C(=O)Nc1ccc(NC(=O)C(N)C(C)C)cc1.Cl. The lowest BCUT2D eigenvalue weighted by molar-refractivity contribution is -0.119. The van der Waals surface area contributed by atoms with Crippen LogP contribution in [0.2, 0.25) is 0 Å². The van der Waals surface area contributed by atoms with E-state index >= 15 is 0 Å². The summed E-state index contributed by atoms with van der Waals surface area (Å²) in [6, 6.07) is 6.44. The highest BCUT2D eigenvalue weighted by Gasteiger charge is 2.17. The molecule has 6 heteroatoms. The van der Waals surface area contributed by atoms with Crippen molar-refractivity contribution in [3.05, 3.63) is 24.3 Å². The first kappa shape index (κ1) is 19.4. The van der Waals surface area contributed by atoms with E-state index in [0.29, 0.717) is 11.4 Å². The molecule has 0 saturated heterocycles. The van der Waals surface area contributed by atoms with Gasteiger partial charge in [0.1, 0.15) is 0 Å². The van der Waals surface area contributed by atoms with Crippen LogP contribution >= 0.6 is 12.4 Å². The molecule has 0 aliphatic heterocycles. The molecule has 1 unspecified atom stereocenters. The van der Waals surface area contributed by atoms with Gasteiger partial charge in [0.05, 0.1) is 6.04 Å². The average molecular weight is 314 g/mol. The summed E-state index contributed by atoms with van der Waals surface area (Å²) in [5.74, 6) is -0.236. The maximum absolute atomic E-state index is 11.8. The fourth-order valence-electron chi connectivity index (χ4n) is 1.45. The van der Waals surface area contributed by atoms with Crippen LogP contribution in [0.5, 0.6) is 0 Å². The Bertz CT molecular complexity index is 472. The number of amides is 2. The molecule has 2 amide bonds. The maximum atomic E-state index is 11.8. The topological polar surface area (TPSA) is 84.2 Å². The van der Waals surface area contributed by atoms with Crippen molar-refractivity contribution in [3.8, 4) is 0 Å². The first-order valence-corrected chi connectivity index (χ1v) is 6.78. The van der Waals surface area contributed by atoms with E-state index in [1.165, 1.54) is 0 Å². The Morgan fingerprint density at radius 2 is 1.29 bits per heavy atom. The zero-order chi connectivity index (χ0) is 15.3. The predicted molar refractivity (Wildman–Crippen MR) is 88.6 cm³/mol. The van der Waals surface area contributed by atoms with Gasteiger partial charge in [0.2, 0.25) is 11.8 Å². The molecule has 4 N–H and O–H groups in total. The van der Waals surface area contributed by atoms with E-state index in [1.807, 2.05) is 27.7 Å². The summed E-state index contributed by atoms with van der Waals surface area (Å²) in [6.07, 6.45) is 0. The Morgan fingerprint density at radius 1 is 0.905 bits per heavy atom. The molecule has 1 aromatic carbocycles. The second-order valence-corrected chi connectivity index (χ2v) is 5.48. The van der Waals surface area contributed by atoms with Gasteiger partial charge in [0.25, 0.3) is 0 Å². The number of rotatable bonds is 5. The molecule has 0 heterocycles. The summed E-state index contributed by atoms with van der Waals surface area (Å²) in [4.78, 5) is 23.3. The minimum absolute atomic E-state index is 0. The van der Waals surface area contributed by atoms with E-state index in [1.54, 1.807) is 24.3 Å². The van der Waals surface area contributed by atoms with Gasteiger partial charge in [0.15, 0.2) is 0 Å². The number of nitrogens with one attached hydrogen (secondary N) is 2. The summed E-state index contributed by atoms with van der Waals surface area (Å²) in [7, 11) is 0. The molecular formula is C15H24ClN3O2. The third-order valence-corrected chi connectivity index (χ3v) is 2.97. The minimum Gasteiger partial charge on any atom is -0.326 e. The van der Waals surface area contributed by atoms with E-state index in [2.05, 4.69) is 10.6 Å². The van der Waals surface area contributed by atoms with Crippen molar-refractivity contribution < 1.29 is 9.59 Å². The number of benzene rings is 1. The lowest BCUT2D eigenvalue weighted by Gasteiger charge is -2.15. The van der Waals surface area contributed by atoms with Crippen molar-refractivity contribution in [3.63, 3.8) is 0 Å². The molecule has 1 atom stereocenters. The highest BCUT2D eigenvalue weighted by Crippen LogP contribution is 2.15. The molecular weight excluding hydrogens is 290 g/mol. The van der Waals surface area contributed by atoms with Crippen LogP contribution < -0.4 is 16.4 Å². The molecule has 0 radical (unpaired) electrons. The van der Waals surface area contributed by atoms with Gasteiger partial charge in [-0.05, 0) is 30.2 Å². The standard InChI is InChI=1S/C15H23N3O2.ClH/c1-9(2)13(16)15(20)18-12-7-5-11(6-8-12)17-14(19)10(3)4;/h5-10,13H,16H2,1-4H3,(H,17,19)(H,18,20);1H. The molecule has 0 saturated carbocycles. The minimum atomic E-state index is -0.532. The quantitative estimate of drug-likeness (QED) is 0.781. The first-order chi connectivity index (χ1) is 9.31. The normalized spacial score (nSPS) is 11.8. The lowest BCUT2D eigenvalue weighted by Crippen LogP contribution is -2.39. The second kappa shape index (κ2) is 8.64. The number of hydrogen-bond acceptors (Lipinski definition) is 3. The van der Waals surface area contributed by atoms with Gasteiger partial charge < -0.3 is 16.4 Å². The van der Waals surface area contributed by atoms with Gasteiger partial charge in [-0.25, -0.2) is 0 Å². The molecule has 0 bridgehead atoms. The van der Waals surface area contributed by atoms with Crippen molar-refractivity contribution in [2.75, 3.05) is 10.6 Å². The highest BCUT2D eigenvalue weighted by molar-refractivity contribution is 5.95. The largest absolute Gasteiger partial charge is 0.326 e. The molecule has 0 aliphatic carbocycles. The van der Waals surface area contributed by atoms with Crippen molar-refractivity contribution in [2.45, 2.75) is 33.7 Å². The summed E-state index contributed by atoms with van der Waals surface area (Å²) in [6.45, 7) is 7.46. The number of nitrogens with two attached hydrogens (primary N) is 1. The van der Waals surface area contributed by atoms with Crippen LogP contribution in [0.15, 0.2) is 24.3 Å². The Morgan fingerprint density at radius 3 is 1.62 bits per heavy atom. The van der Waals surface area contributed by atoms with Crippen LogP contribution in [0.3, 0.4) is 0 Å². The molecule has 0 spiro atoms. The molecule has 0 aliphatic rings. The maximum Gasteiger partial charge on any atom is 0.241 e. The van der Waals surface area contributed by atoms with E-state index in [-0.39, 0.29) is 36.1 Å². The monoisotopic (exact) mass is 313 g/mol. The molecule has 118 valence electrons. The number of hydrogen-bond donors (Lipinski definition) is 3. The van der Waals surface area contributed by atoms with E-state index < -0.39 is 6.04 Å². The molecule has 5 nitrogen and oxygen atoms in total. The van der Waals surface area contributed by atoms with Crippen molar-refractivity contribution in [2.24, 2.45) is 17.6 Å². The lowest BCUT2D eigenvalue weighted by atomic mass is 10.0. The van der Waals surface area contributed by atoms with Gasteiger partial charge in [-0.3, -0.25) is 9.59 Å². The Kier molecular flexibility index (Phi) is 7.99. The van der Waals surface area contributed by atoms with Gasteiger partial charge in [-0.1, -0.05) is 27.7 Å². The van der Waals surface area contributed by atoms with Gasteiger partial charge in [0, 0.05) is 17.3 Å². The number of carbonyl (C=O) groups is 2. The fraction of sp³-hybridized carbons (Fsp3) is 0.467. The third-order valence-electron chi connectivity index (χ3n) is 2.97. The fourth-order valence-corrected chi connectivity index (χ4v) is 1.45. The first-order valence-electron chi connectivity index (χ1n) is 6.78.